The Kier molecular flexibility index (Phi) is 3.55. The molecule has 0 saturated heterocycles. The molecular formula is C19H25N. The molecule has 1 unspecified atom stereocenters. The van der Waals surface area contributed by atoms with Crippen LogP contribution in [0.1, 0.15) is 54.0 Å². The monoisotopic (exact) mass is 267 g/mol. The van der Waals surface area contributed by atoms with Crippen molar-refractivity contribution in [2.24, 2.45) is 11.7 Å². The molecule has 2 N–H and O–H groups in total. The largest absolute Gasteiger partial charge is 0.327 e. The highest BCUT2D eigenvalue weighted by atomic mass is 14.6. The Balaban J connectivity index is 2.10. The van der Waals surface area contributed by atoms with Crippen molar-refractivity contribution < 1.29 is 0 Å². The summed E-state index contributed by atoms with van der Waals surface area (Å²) in [6.07, 6.45) is 10.4. The maximum atomic E-state index is 6.16. The quantitative estimate of drug-likeness (QED) is 0.869. The van der Waals surface area contributed by atoms with E-state index in [1.54, 1.807) is 0 Å². The number of aryl methyl sites for hydroxylation is 1. The van der Waals surface area contributed by atoms with Crippen LogP contribution in [-0.2, 0) is 12.8 Å². The van der Waals surface area contributed by atoms with E-state index in [-0.39, 0.29) is 0 Å². The lowest BCUT2D eigenvalue weighted by atomic mass is 9.82. The zero-order chi connectivity index (χ0) is 14.3. The first kappa shape index (κ1) is 13.6. The van der Waals surface area contributed by atoms with Crippen molar-refractivity contribution in [2.75, 3.05) is 0 Å². The second kappa shape index (κ2) is 5.21. The second-order valence-corrected chi connectivity index (χ2v) is 6.51. The predicted octanol–water partition coefficient (Wildman–Crippen LogP) is 4.27. The second-order valence-electron chi connectivity index (χ2n) is 6.51. The van der Waals surface area contributed by atoms with Crippen molar-refractivity contribution >= 4 is 12.2 Å². The molecule has 0 aliphatic heterocycles. The highest BCUT2D eigenvalue weighted by Crippen LogP contribution is 2.38. The molecule has 0 bridgehead atoms. The molecule has 0 spiro atoms. The van der Waals surface area contributed by atoms with E-state index in [2.05, 4.69) is 32.6 Å². The average molecular weight is 267 g/mol. The highest BCUT2D eigenvalue weighted by molar-refractivity contribution is 5.71. The smallest absolute Gasteiger partial charge is 0.00826 e. The molecule has 0 radical (unpaired) electrons. The number of fused-ring (bicyclic) bond motifs is 1. The molecule has 106 valence electrons. The molecular weight excluding hydrogens is 242 g/mol. The van der Waals surface area contributed by atoms with Gasteiger partial charge in [0.15, 0.2) is 0 Å². The van der Waals surface area contributed by atoms with Crippen LogP contribution in [0.2, 0.25) is 0 Å². The van der Waals surface area contributed by atoms with Gasteiger partial charge in [-0.25, -0.2) is 0 Å². The Morgan fingerprint density at radius 1 is 1.35 bits per heavy atom. The summed E-state index contributed by atoms with van der Waals surface area (Å²) in [4.78, 5) is 0. The van der Waals surface area contributed by atoms with Crippen molar-refractivity contribution in [2.45, 2.75) is 52.0 Å². The van der Waals surface area contributed by atoms with Crippen LogP contribution in [-0.4, -0.2) is 6.04 Å². The van der Waals surface area contributed by atoms with E-state index >= 15 is 0 Å². The van der Waals surface area contributed by atoms with E-state index in [9.17, 15) is 0 Å². The Labute approximate surface area is 122 Å². The third-order valence-corrected chi connectivity index (χ3v) is 4.95. The molecule has 1 aromatic carbocycles. The third kappa shape index (κ3) is 2.47. The standard InChI is InChI=1S/C19H25N/c1-4-14-10-16-7-8-17(20)11-19(16)13(3)18(14)9-12(2)15-5-6-15/h4,9-10,15,17H,1,5-8,11,20H2,2-3H3/b12-9+. The van der Waals surface area contributed by atoms with Gasteiger partial charge in [-0.3, -0.25) is 0 Å². The fourth-order valence-electron chi connectivity index (χ4n) is 3.43. The van der Waals surface area contributed by atoms with Crippen LogP contribution in [0.3, 0.4) is 0 Å². The Morgan fingerprint density at radius 2 is 2.10 bits per heavy atom. The molecule has 1 aromatic rings. The van der Waals surface area contributed by atoms with Crippen molar-refractivity contribution in [3.8, 4) is 0 Å². The van der Waals surface area contributed by atoms with Crippen LogP contribution >= 0.6 is 0 Å². The van der Waals surface area contributed by atoms with Gasteiger partial charge in [0.05, 0.1) is 0 Å². The molecule has 1 saturated carbocycles. The van der Waals surface area contributed by atoms with E-state index in [4.69, 9.17) is 5.73 Å². The zero-order valence-corrected chi connectivity index (χ0v) is 12.7. The number of hydrogen-bond donors (Lipinski definition) is 1. The molecule has 2 aliphatic carbocycles. The number of allylic oxidation sites excluding steroid dienone is 1. The van der Waals surface area contributed by atoms with Gasteiger partial charge in [0, 0.05) is 6.04 Å². The molecule has 1 nitrogen and oxygen atoms in total. The van der Waals surface area contributed by atoms with Crippen molar-refractivity contribution in [3.63, 3.8) is 0 Å². The van der Waals surface area contributed by atoms with Crippen LogP contribution in [0.5, 0.6) is 0 Å². The van der Waals surface area contributed by atoms with Crippen LogP contribution in [0.25, 0.3) is 12.2 Å². The van der Waals surface area contributed by atoms with Gasteiger partial charge in [-0.2, -0.15) is 0 Å². The van der Waals surface area contributed by atoms with Gasteiger partial charge in [-0.15, -0.1) is 0 Å². The van der Waals surface area contributed by atoms with E-state index in [0.29, 0.717) is 6.04 Å². The first-order chi connectivity index (χ1) is 9.60. The molecule has 1 heteroatoms. The summed E-state index contributed by atoms with van der Waals surface area (Å²) in [6, 6.07) is 2.67. The minimum atomic E-state index is 0.331. The van der Waals surface area contributed by atoms with Gasteiger partial charge >= 0.3 is 0 Å². The molecule has 0 heterocycles. The van der Waals surface area contributed by atoms with Crippen molar-refractivity contribution in [3.05, 3.63) is 46.0 Å². The van der Waals surface area contributed by atoms with Crippen LogP contribution < -0.4 is 5.73 Å². The van der Waals surface area contributed by atoms with Gasteiger partial charge in [-0.05, 0) is 79.7 Å². The number of rotatable bonds is 3. The SMILES string of the molecule is C=Cc1cc2c(c(C)c1/C=C(\C)C1CC1)CC(N)CC2. The van der Waals surface area contributed by atoms with Gasteiger partial charge in [-0.1, -0.05) is 30.4 Å². The van der Waals surface area contributed by atoms with E-state index in [1.807, 2.05) is 6.08 Å². The number of benzene rings is 1. The lowest BCUT2D eigenvalue weighted by Crippen LogP contribution is -2.28. The zero-order valence-electron chi connectivity index (χ0n) is 12.7. The van der Waals surface area contributed by atoms with E-state index < -0.39 is 0 Å². The van der Waals surface area contributed by atoms with Gasteiger partial charge in [0.25, 0.3) is 0 Å². The first-order valence-electron chi connectivity index (χ1n) is 7.81. The number of hydrogen-bond acceptors (Lipinski definition) is 1. The summed E-state index contributed by atoms with van der Waals surface area (Å²) in [6.45, 7) is 8.54. The molecule has 1 atom stereocenters. The average Bonchev–Trinajstić information content (AvgIpc) is 3.26. The van der Waals surface area contributed by atoms with Crippen LogP contribution in [0.15, 0.2) is 18.2 Å². The number of nitrogens with two attached hydrogens (primary N) is 1. The fourth-order valence-corrected chi connectivity index (χ4v) is 3.43. The fraction of sp³-hybridized carbons (Fsp3) is 0.474. The summed E-state index contributed by atoms with van der Waals surface area (Å²) >= 11 is 0. The minimum absolute atomic E-state index is 0.331. The van der Waals surface area contributed by atoms with Crippen LogP contribution in [0.4, 0.5) is 0 Å². The molecule has 0 aromatic heterocycles. The van der Waals surface area contributed by atoms with Gasteiger partial charge in [0.2, 0.25) is 0 Å². The molecule has 0 amide bonds. The Hall–Kier alpha value is -1.34. The van der Waals surface area contributed by atoms with Crippen LogP contribution in [0, 0.1) is 12.8 Å². The summed E-state index contributed by atoms with van der Waals surface area (Å²) in [7, 11) is 0. The Morgan fingerprint density at radius 3 is 2.75 bits per heavy atom. The Bertz CT molecular complexity index is 576. The summed E-state index contributed by atoms with van der Waals surface area (Å²) in [5.74, 6) is 0.824. The maximum Gasteiger partial charge on any atom is 0.00826 e. The first-order valence-corrected chi connectivity index (χ1v) is 7.81. The normalized spacial score (nSPS) is 22.6. The summed E-state index contributed by atoms with van der Waals surface area (Å²) in [5, 5.41) is 0. The molecule has 20 heavy (non-hydrogen) atoms. The maximum absolute atomic E-state index is 6.16. The van der Waals surface area contributed by atoms with Crippen molar-refractivity contribution in [1.82, 2.24) is 0 Å². The highest BCUT2D eigenvalue weighted by Gasteiger charge is 2.24. The third-order valence-electron chi connectivity index (χ3n) is 4.95. The summed E-state index contributed by atoms with van der Waals surface area (Å²) < 4.78 is 0. The molecule has 2 aliphatic rings. The van der Waals surface area contributed by atoms with Gasteiger partial charge in [0.1, 0.15) is 0 Å². The lowest BCUT2D eigenvalue weighted by molar-refractivity contribution is 0.574. The molecule has 3 rings (SSSR count). The summed E-state index contributed by atoms with van der Waals surface area (Å²) in [5.41, 5.74) is 14.7. The van der Waals surface area contributed by atoms with E-state index in [1.165, 1.54) is 46.2 Å². The van der Waals surface area contributed by atoms with Gasteiger partial charge < -0.3 is 5.73 Å². The van der Waals surface area contributed by atoms with Crippen molar-refractivity contribution in [1.29, 1.82) is 0 Å². The predicted molar refractivity (Wildman–Crippen MR) is 87.6 cm³/mol. The minimum Gasteiger partial charge on any atom is -0.327 e. The molecule has 1 fully saturated rings. The lowest BCUT2D eigenvalue weighted by Gasteiger charge is -2.25. The van der Waals surface area contributed by atoms with E-state index in [0.717, 1.165) is 25.2 Å². The topological polar surface area (TPSA) is 26.0 Å².